The van der Waals surface area contributed by atoms with Gasteiger partial charge >= 0.3 is 0 Å². The zero-order valence-corrected chi connectivity index (χ0v) is 8.15. The van der Waals surface area contributed by atoms with E-state index in [0.29, 0.717) is 6.54 Å². The van der Waals surface area contributed by atoms with Crippen LogP contribution in [-0.4, -0.2) is 44.2 Å². The van der Waals surface area contributed by atoms with E-state index in [0.717, 1.165) is 13.1 Å². The molecule has 0 aliphatic carbocycles. The molecule has 0 aromatic carbocycles. The molecule has 0 aliphatic rings. The molecular weight excluding hydrogens is 138 g/mol. The highest BCUT2D eigenvalue weighted by molar-refractivity contribution is 4.77. The standard InChI is InChI=1S/C8H21N3/c1-8(2,7-9)10-5-6-11(3)4/h10H,5-7,9H2,1-4H3. The maximum atomic E-state index is 5.55. The van der Waals surface area contributed by atoms with Crippen molar-refractivity contribution in [1.82, 2.24) is 10.2 Å². The Hall–Kier alpha value is -0.120. The fraction of sp³-hybridized carbons (Fsp3) is 1.00. The molecule has 3 N–H and O–H groups in total. The van der Waals surface area contributed by atoms with Gasteiger partial charge in [0.1, 0.15) is 0 Å². The summed E-state index contributed by atoms with van der Waals surface area (Å²) in [6.45, 7) is 6.96. The molecule has 0 saturated carbocycles. The van der Waals surface area contributed by atoms with Crippen molar-refractivity contribution in [3.63, 3.8) is 0 Å². The van der Waals surface area contributed by atoms with Crippen LogP contribution in [0.3, 0.4) is 0 Å². The van der Waals surface area contributed by atoms with E-state index in [2.05, 4.69) is 38.2 Å². The topological polar surface area (TPSA) is 41.3 Å². The van der Waals surface area contributed by atoms with E-state index in [1.807, 2.05) is 0 Å². The SMILES string of the molecule is CN(C)CCNC(C)(C)CN. The Labute approximate surface area is 69.9 Å². The molecule has 0 aromatic rings. The van der Waals surface area contributed by atoms with Gasteiger partial charge < -0.3 is 16.0 Å². The largest absolute Gasteiger partial charge is 0.329 e. The third-order valence-corrected chi connectivity index (χ3v) is 1.67. The van der Waals surface area contributed by atoms with Crippen LogP contribution in [0.15, 0.2) is 0 Å². The van der Waals surface area contributed by atoms with Gasteiger partial charge in [-0.1, -0.05) is 0 Å². The van der Waals surface area contributed by atoms with Crippen LogP contribution in [0.4, 0.5) is 0 Å². The first kappa shape index (κ1) is 10.9. The molecule has 0 unspecified atom stereocenters. The Kier molecular flexibility index (Phi) is 4.65. The van der Waals surface area contributed by atoms with Gasteiger partial charge in [-0.05, 0) is 27.9 Å². The molecular formula is C8H21N3. The highest BCUT2D eigenvalue weighted by Gasteiger charge is 2.12. The van der Waals surface area contributed by atoms with Crippen LogP contribution in [0, 0.1) is 0 Å². The van der Waals surface area contributed by atoms with Crippen molar-refractivity contribution in [3.05, 3.63) is 0 Å². The quantitative estimate of drug-likeness (QED) is 0.587. The van der Waals surface area contributed by atoms with Crippen LogP contribution in [0.25, 0.3) is 0 Å². The average Bonchev–Trinajstić information content (AvgIpc) is 1.87. The van der Waals surface area contributed by atoms with Crippen molar-refractivity contribution >= 4 is 0 Å². The minimum atomic E-state index is 0.0794. The summed E-state index contributed by atoms with van der Waals surface area (Å²) in [6.07, 6.45) is 0. The zero-order chi connectivity index (χ0) is 8.91. The summed E-state index contributed by atoms with van der Waals surface area (Å²) < 4.78 is 0. The number of hydrogen-bond donors (Lipinski definition) is 2. The Morgan fingerprint density at radius 2 is 1.91 bits per heavy atom. The van der Waals surface area contributed by atoms with Crippen molar-refractivity contribution in [1.29, 1.82) is 0 Å². The normalized spacial score (nSPS) is 12.5. The number of nitrogens with one attached hydrogen (secondary N) is 1. The molecule has 3 nitrogen and oxygen atoms in total. The molecule has 0 fully saturated rings. The number of hydrogen-bond acceptors (Lipinski definition) is 3. The number of nitrogens with zero attached hydrogens (tertiary/aromatic N) is 1. The predicted molar refractivity (Wildman–Crippen MR) is 49.7 cm³/mol. The minimum absolute atomic E-state index is 0.0794. The molecule has 0 bridgehead atoms. The monoisotopic (exact) mass is 159 g/mol. The Bertz CT molecular complexity index is 99.5. The molecule has 0 rings (SSSR count). The summed E-state index contributed by atoms with van der Waals surface area (Å²) in [5.74, 6) is 0. The van der Waals surface area contributed by atoms with Crippen molar-refractivity contribution in [3.8, 4) is 0 Å². The lowest BCUT2D eigenvalue weighted by Gasteiger charge is -2.25. The number of likely N-dealkylation sites (N-methyl/N-ethyl adjacent to an activating group) is 1. The molecule has 0 saturated heterocycles. The number of nitrogens with two attached hydrogens (primary N) is 1. The third kappa shape index (κ3) is 6.28. The lowest BCUT2D eigenvalue weighted by Crippen LogP contribution is -2.47. The summed E-state index contributed by atoms with van der Waals surface area (Å²) in [7, 11) is 4.13. The molecule has 0 heterocycles. The van der Waals surface area contributed by atoms with Gasteiger partial charge in [-0.2, -0.15) is 0 Å². The second kappa shape index (κ2) is 4.70. The zero-order valence-electron chi connectivity index (χ0n) is 8.15. The lowest BCUT2D eigenvalue weighted by molar-refractivity contribution is 0.343. The fourth-order valence-corrected chi connectivity index (χ4v) is 0.690. The molecule has 68 valence electrons. The maximum Gasteiger partial charge on any atom is 0.0247 e. The lowest BCUT2D eigenvalue weighted by atomic mass is 10.1. The van der Waals surface area contributed by atoms with Crippen molar-refractivity contribution < 1.29 is 0 Å². The number of rotatable bonds is 5. The molecule has 0 amide bonds. The molecule has 0 atom stereocenters. The first-order valence-electron chi connectivity index (χ1n) is 4.08. The molecule has 3 heteroatoms. The van der Waals surface area contributed by atoms with Gasteiger partial charge in [0.05, 0.1) is 0 Å². The van der Waals surface area contributed by atoms with E-state index >= 15 is 0 Å². The van der Waals surface area contributed by atoms with Crippen LogP contribution < -0.4 is 11.1 Å². The Morgan fingerprint density at radius 1 is 1.36 bits per heavy atom. The average molecular weight is 159 g/mol. The van der Waals surface area contributed by atoms with E-state index in [1.54, 1.807) is 0 Å². The van der Waals surface area contributed by atoms with Gasteiger partial charge in [-0.15, -0.1) is 0 Å². The van der Waals surface area contributed by atoms with E-state index in [-0.39, 0.29) is 5.54 Å². The molecule has 0 aliphatic heterocycles. The highest BCUT2D eigenvalue weighted by atomic mass is 15.1. The molecule has 11 heavy (non-hydrogen) atoms. The van der Waals surface area contributed by atoms with E-state index in [1.165, 1.54) is 0 Å². The van der Waals surface area contributed by atoms with E-state index in [9.17, 15) is 0 Å². The first-order valence-corrected chi connectivity index (χ1v) is 4.08. The van der Waals surface area contributed by atoms with Crippen molar-refractivity contribution in [2.24, 2.45) is 5.73 Å². The fourth-order valence-electron chi connectivity index (χ4n) is 0.690. The minimum Gasteiger partial charge on any atom is -0.329 e. The van der Waals surface area contributed by atoms with Crippen molar-refractivity contribution in [2.45, 2.75) is 19.4 Å². The van der Waals surface area contributed by atoms with Crippen LogP contribution >= 0.6 is 0 Å². The Morgan fingerprint density at radius 3 is 2.27 bits per heavy atom. The maximum absolute atomic E-state index is 5.55. The van der Waals surface area contributed by atoms with Gasteiger partial charge in [-0.25, -0.2) is 0 Å². The molecule has 0 aromatic heterocycles. The van der Waals surface area contributed by atoms with Gasteiger partial charge in [0.15, 0.2) is 0 Å². The first-order chi connectivity index (χ1) is 4.98. The van der Waals surface area contributed by atoms with Crippen LogP contribution in [0.5, 0.6) is 0 Å². The Balaban J connectivity index is 3.38. The van der Waals surface area contributed by atoms with Gasteiger partial charge in [0, 0.05) is 25.2 Å². The van der Waals surface area contributed by atoms with Crippen molar-refractivity contribution in [2.75, 3.05) is 33.7 Å². The smallest absolute Gasteiger partial charge is 0.0247 e. The van der Waals surface area contributed by atoms with Crippen LogP contribution in [0.2, 0.25) is 0 Å². The highest BCUT2D eigenvalue weighted by Crippen LogP contribution is 1.96. The van der Waals surface area contributed by atoms with Crippen LogP contribution in [0.1, 0.15) is 13.8 Å². The summed E-state index contributed by atoms with van der Waals surface area (Å²) in [5, 5.41) is 3.37. The summed E-state index contributed by atoms with van der Waals surface area (Å²) >= 11 is 0. The summed E-state index contributed by atoms with van der Waals surface area (Å²) in [4.78, 5) is 2.15. The predicted octanol–water partition coefficient (Wildman–Crippen LogP) is -0.125. The van der Waals surface area contributed by atoms with Gasteiger partial charge in [0.25, 0.3) is 0 Å². The van der Waals surface area contributed by atoms with Crippen LogP contribution in [-0.2, 0) is 0 Å². The van der Waals surface area contributed by atoms with Gasteiger partial charge in [-0.3, -0.25) is 0 Å². The third-order valence-electron chi connectivity index (χ3n) is 1.67. The molecule has 0 radical (unpaired) electrons. The summed E-state index contributed by atoms with van der Waals surface area (Å²) in [6, 6.07) is 0. The second-order valence-electron chi connectivity index (χ2n) is 3.82. The second-order valence-corrected chi connectivity index (χ2v) is 3.82. The summed E-state index contributed by atoms with van der Waals surface area (Å²) in [5.41, 5.74) is 5.63. The molecule has 0 spiro atoms. The van der Waals surface area contributed by atoms with E-state index < -0.39 is 0 Å². The van der Waals surface area contributed by atoms with Gasteiger partial charge in [0.2, 0.25) is 0 Å². The van der Waals surface area contributed by atoms with E-state index in [4.69, 9.17) is 5.73 Å².